The lowest BCUT2D eigenvalue weighted by molar-refractivity contribution is -0.117. The smallest absolute Gasteiger partial charge is 0.168 e. The second kappa shape index (κ2) is 4.22. The van der Waals surface area contributed by atoms with E-state index in [9.17, 15) is 4.79 Å². The summed E-state index contributed by atoms with van der Waals surface area (Å²) in [6, 6.07) is 10.4. The quantitative estimate of drug-likeness (QED) is 0.766. The van der Waals surface area contributed by atoms with Crippen molar-refractivity contribution in [3.05, 3.63) is 47.2 Å². The van der Waals surface area contributed by atoms with Crippen LogP contribution in [0.25, 0.3) is 0 Å². The number of benzene rings is 1. The number of nitrogens with zero attached hydrogens (tertiary/aromatic N) is 1. The lowest BCUT2D eigenvalue weighted by Gasteiger charge is -2.38. The van der Waals surface area contributed by atoms with Crippen molar-refractivity contribution in [2.24, 2.45) is 5.92 Å². The monoisotopic (exact) mass is 253 g/mol. The maximum absolute atomic E-state index is 12.8. The van der Waals surface area contributed by atoms with Gasteiger partial charge in [0, 0.05) is 30.3 Å². The molecule has 0 saturated carbocycles. The number of carbonyl (C=O) groups excluding carboxylic acids is 1. The van der Waals surface area contributed by atoms with E-state index in [0.717, 1.165) is 31.5 Å². The molecule has 0 spiro atoms. The summed E-state index contributed by atoms with van der Waals surface area (Å²) in [6.45, 7) is 2.31. The van der Waals surface area contributed by atoms with Crippen molar-refractivity contribution in [1.82, 2.24) is 4.90 Å². The summed E-state index contributed by atoms with van der Waals surface area (Å²) in [6.07, 6.45) is 4.57. The van der Waals surface area contributed by atoms with Gasteiger partial charge in [-0.1, -0.05) is 30.3 Å². The first kappa shape index (κ1) is 11.3. The van der Waals surface area contributed by atoms with Gasteiger partial charge < -0.3 is 4.90 Å². The highest BCUT2D eigenvalue weighted by Gasteiger charge is 2.46. The standard InChI is InChI=1S/C17H19NO/c19-17-14-9-5-11-18-10-4-8-13(16(14)18)15(17)12-6-2-1-3-7-12/h1-3,6-7,13,15H,4-5,8-11H2/t13-,15-/m1/s1. The van der Waals surface area contributed by atoms with E-state index in [1.807, 2.05) is 6.07 Å². The third-order valence-electron chi connectivity index (χ3n) is 4.94. The number of hydrogen-bond acceptors (Lipinski definition) is 2. The van der Waals surface area contributed by atoms with Gasteiger partial charge in [-0.2, -0.15) is 0 Å². The van der Waals surface area contributed by atoms with Gasteiger partial charge in [-0.3, -0.25) is 4.79 Å². The van der Waals surface area contributed by atoms with Gasteiger partial charge in [-0.25, -0.2) is 0 Å². The van der Waals surface area contributed by atoms with E-state index in [0.29, 0.717) is 11.7 Å². The van der Waals surface area contributed by atoms with Crippen molar-refractivity contribution < 1.29 is 4.79 Å². The average Bonchev–Trinajstić information content (AvgIpc) is 2.76. The molecule has 3 aliphatic rings. The van der Waals surface area contributed by atoms with Crippen molar-refractivity contribution in [2.75, 3.05) is 13.1 Å². The van der Waals surface area contributed by atoms with Crippen LogP contribution in [0.4, 0.5) is 0 Å². The first-order chi connectivity index (χ1) is 9.36. The predicted molar refractivity (Wildman–Crippen MR) is 74.7 cm³/mol. The van der Waals surface area contributed by atoms with Crippen molar-refractivity contribution in [3.63, 3.8) is 0 Å². The van der Waals surface area contributed by atoms with Crippen LogP contribution in [-0.2, 0) is 4.79 Å². The zero-order valence-electron chi connectivity index (χ0n) is 11.1. The molecule has 1 saturated heterocycles. The summed E-state index contributed by atoms with van der Waals surface area (Å²) in [5.41, 5.74) is 3.79. The summed E-state index contributed by atoms with van der Waals surface area (Å²) >= 11 is 0. The molecule has 2 nitrogen and oxygen atoms in total. The largest absolute Gasteiger partial charge is 0.374 e. The van der Waals surface area contributed by atoms with Crippen molar-refractivity contribution >= 4 is 5.78 Å². The third kappa shape index (κ3) is 1.59. The maximum atomic E-state index is 12.8. The first-order valence-corrected chi connectivity index (χ1v) is 7.43. The van der Waals surface area contributed by atoms with Gasteiger partial charge in [-0.05, 0) is 31.2 Å². The molecule has 0 radical (unpaired) electrons. The van der Waals surface area contributed by atoms with Crippen LogP contribution in [0.2, 0.25) is 0 Å². The minimum absolute atomic E-state index is 0.104. The fourth-order valence-corrected chi connectivity index (χ4v) is 4.20. The van der Waals surface area contributed by atoms with Gasteiger partial charge in [0.1, 0.15) is 0 Å². The van der Waals surface area contributed by atoms with E-state index in [2.05, 4.69) is 29.2 Å². The van der Waals surface area contributed by atoms with Crippen LogP contribution in [0.5, 0.6) is 0 Å². The average molecular weight is 253 g/mol. The van der Waals surface area contributed by atoms with Crippen molar-refractivity contribution in [2.45, 2.75) is 31.6 Å². The number of carbonyl (C=O) groups is 1. The fraction of sp³-hybridized carbons (Fsp3) is 0.471. The number of piperidine rings is 1. The Morgan fingerprint density at radius 1 is 1.05 bits per heavy atom. The van der Waals surface area contributed by atoms with Gasteiger partial charge in [0.05, 0.1) is 5.92 Å². The van der Waals surface area contributed by atoms with E-state index in [1.54, 1.807) is 0 Å². The number of hydrogen-bond donors (Lipinski definition) is 0. The molecule has 19 heavy (non-hydrogen) atoms. The molecule has 0 N–H and O–H groups in total. The first-order valence-electron chi connectivity index (χ1n) is 7.43. The molecular weight excluding hydrogens is 234 g/mol. The molecule has 2 atom stereocenters. The Balaban J connectivity index is 1.79. The molecule has 0 aromatic heterocycles. The second-order valence-corrected chi connectivity index (χ2v) is 5.96. The summed E-state index contributed by atoms with van der Waals surface area (Å²) < 4.78 is 0. The Morgan fingerprint density at radius 2 is 1.84 bits per heavy atom. The Bertz CT molecular complexity index is 546. The fourth-order valence-electron chi connectivity index (χ4n) is 4.20. The van der Waals surface area contributed by atoms with Gasteiger partial charge in [0.2, 0.25) is 0 Å². The number of allylic oxidation sites excluding steroid dienone is 2. The normalized spacial score (nSPS) is 29.7. The lowest BCUT2D eigenvalue weighted by atomic mass is 9.82. The van der Waals surface area contributed by atoms with E-state index in [4.69, 9.17) is 0 Å². The molecule has 0 amide bonds. The number of Topliss-reactive ketones (excluding diaryl/α,β-unsaturated/α-hetero) is 1. The van der Waals surface area contributed by atoms with Gasteiger partial charge in [0.25, 0.3) is 0 Å². The minimum atomic E-state index is 0.104. The van der Waals surface area contributed by atoms with Crippen LogP contribution in [0, 0.1) is 5.92 Å². The topological polar surface area (TPSA) is 20.3 Å². The Kier molecular flexibility index (Phi) is 2.51. The van der Waals surface area contributed by atoms with Crippen molar-refractivity contribution in [1.29, 1.82) is 0 Å². The molecule has 2 heterocycles. The van der Waals surface area contributed by atoms with E-state index in [-0.39, 0.29) is 5.92 Å². The predicted octanol–water partition coefficient (Wildman–Crippen LogP) is 3.11. The van der Waals surface area contributed by atoms with Crippen LogP contribution in [0.15, 0.2) is 41.6 Å². The molecule has 0 unspecified atom stereocenters. The van der Waals surface area contributed by atoms with Crippen LogP contribution >= 0.6 is 0 Å². The van der Waals surface area contributed by atoms with E-state index < -0.39 is 0 Å². The number of ketones is 1. The highest BCUT2D eigenvalue weighted by Crippen LogP contribution is 2.49. The summed E-state index contributed by atoms with van der Waals surface area (Å²) in [4.78, 5) is 15.3. The maximum Gasteiger partial charge on any atom is 0.168 e. The summed E-state index contributed by atoms with van der Waals surface area (Å²) in [5, 5.41) is 0. The zero-order chi connectivity index (χ0) is 12.8. The van der Waals surface area contributed by atoms with E-state index >= 15 is 0 Å². The lowest BCUT2D eigenvalue weighted by Crippen LogP contribution is -2.36. The molecule has 1 fully saturated rings. The highest BCUT2D eigenvalue weighted by atomic mass is 16.1. The van der Waals surface area contributed by atoms with E-state index in [1.165, 1.54) is 24.1 Å². The molecule has 1 aromatic carbocycles. The molecule has 98 valence electrons. The third-order valence-corrected chi connectivity index (χ3v) is 4.94. The summed E-state index contributed by atoms with van der Waals surface area (Å²) in [7, 11) is 0. The molecule has 2 heteroatoms. The second-order valence-electron chi connectivity index (χ2n) is 5.96. The Hall–Kier alpha value is -1.57. The number of rotatable bonds is 1. The molecular formula is C17H19NO. The summed E-state index contributed by atoms with van der Waals surface area (Å²) in [5.74, 6) is 0.976. The van der Waals surface area contributed by atoms with Crippen LogP contribution in [0.3, 0.4) is 0 Å². The highest BCUT2D eigenvalue weighted by molar-refractivity contribution is 6.04. The van der Waals surface area contributed by atoms with Gasteiger partial charge >= 0.3 is 0 Å². The molecule has 4 rings (SSSR count). The van der Waals surface area contributed by atoms with Crippen LogP contribution in [-0.4, -0.2) is 23.8 Å². The Labute approximate surface area is 114 Å². The van der Waals surface area contributed by atoms with Crippen LogP contribution < -0.4 is 0 Å². The molecule has 2 aliphatic heterocycles. The SMILES string of the molecule is O=C1C2=C3[C@H](CCCN3CCC2)[C@H]1c1ccccc1. The van der Waals surface area contributed by atoms with Gasteiger partial charge in [0.15, 0.2) is 5.78 Å². The van der Waals surface area contributed by atoms with Crippen molar-refractivity contribution in [3.8, 4) is 0 Å². The van der Waals surface area contributed by atoms with Crippen LogP contribution in [0.1, 0.15) is 37.2 Å². The minimum Gasteiger partial charge on any atom is -0.374 e. The van der Waals surface area contributed by atoms with Gasteiger partial charge in [-0.15, -0.1) is 0 Å². The Morgan fingerprint density at radius 3 is 2.68 bits per heavy atom. The molecule has 1 aromatic rings. The zero-order valence-corrected chi connectivity index (χ0v) is 11.1. The molecule has 0 bridgehead atoms. The molecule has 1 aliphatic carbocycles.